The van der Waals surface area contributed by atoms with E-state index in [4.69, 9.17) is 16.6 Å². The molecule has 2 aromatic carbocycles. The minimum absolute atomic E-state index is 0.0357. The number of pyridine rings is 1. The van der Waals surface area contributed by atoms with E-state index in [1.54, 1.807) is 12.1 Å². The lowest BCUT2D eigenvalue weighted by Crippen LogP contribution is -2.31. The van der Waals surface area contributed by atoms with Gasteiger partial charge in [-0.1, -0.05) is 29.2 Å². The SMILES string of the molecule is Bc1ccc2nc(-c3ccc(F)c(Cl)c3)c(CC(=O)NC(C)C)c(C)c2c1. The van der Waals surface area contributed by atoms with Crippen LogP contribution in [0.15, 0.2) is 36.4 Å². The Morgan fingerprint density at radius 3 is 2.67 bits per heavy atom. The number of aromatic nitrogens is 1. The molecule has 0 spiro atoms. The molecule has 0 bridgehead atoms. The fraction of sp³-hybridized carbons (Fsp3) is 0.238. The van der Waals surface area contributed by atoms with Gasteiger partial charge in [0, 0.05) is 17.0 Å². The van der Waals surface area contributed by atoms with Crippen LogP contribution < -0.4 is 10.8 Å². The standard InChI is InChI=1S/C21H21BClFN2O/c1-11(2)25-20(27)10-16-12(3)15-9-14(22)5-7-19(15)26-21(16)13-4-6-18(24)17(23)8-13/h4-9,11H,10,22H2,1-3H3,(H,25,27). The van der Waals surface area contributed by atoms with Crippen molar-refractivity contribution in [1.82, 2.24) is 10.3 Å². The second kappa shape index (κ2) is 7.69. The Morgan fingerprint density at radius 1 is 1.26 bits per heavy atom. The molecule has 6 heteroatoms. The molecule has 0 aliphatic heterocycles. The number of fused-ring (bicyclic) bond motifs is 1. The lowest BCUT2D eigenvalue weighted by Gasteiger charge is -2.17. The molecule has 0 saturated carbocycles. The maximum atomic E-state index is 13.6. The summed E-state index contributed by atoms with van der Waals surface area (Å²) in [5.74, 6) is -0.552. The summed E-state index contributed by atoms with van der Waals surface area (Å²) in [7, 11) is 2.03. The maximum absolute atomic E-state index is 13.6. The molecule has 1 aromatic heterocycles. The summed E-state index contributed by atoms with van der Waals surface area (Å²) in [6, 6.07) is 10.6. The van der Waals surface area contributed by atoms with Gasteiger partial charge >= 0.3 is 0 Å². The van der Waals surface area contributed by atoms with Crippen LogP contribution in [0.2, 0.25) is 5.02 Å². The fourth-order valence-electron chi connectivity index (χ4n) is 3.21. The maximum Gasteiger partial charge on any atom is 0.224 e. The van der Waals surface area contributed by atoms with Gasteiger partial charge in [-0.15, -0.1) is 0 Å². The summed E-state index contributed by atoms with van der Waals surface area (Å²) in [5.41, 5.74) is 5.14. The Bertz CT molecular complexity index is 1040. The number of aryl methyl sites for hydroxylation is 1. The third kappa shape index (κ3) is 4.14. The number of hydrogen-bond acceptors (Lipinski definition) is 2. The summed E-state index contributed by atoms with van der Waals surface area (Å²) in [6.45, 7) is 5.84. The number of carbonyl (C=O) groups is 1. The zero-order valence-electron chi connectivity index (χ0n) is 15.9. The number of benzene rings is 2. The first kappa shape index (κ1) is 19.4. The number of rotatable bonds is 4. The van der Waals surface area contributed by atoms with Crippen LogP contribution in [0.25, 0.3) is 22.2 Å². The van der Waals surface area contributed by atoms with Crippen molar-refractivity contribution in [2.24, 2.45) is 0 Å². The zero-order chi connectivity index (χ0) is 19.7. The topological polar surface area (TPSA) is 42.0 Å². The number of amides is 1. The Hall–Kier alpha value is -2.40. The van der Waals surface area contributed by atoms with Gasteiger partial charge in [0.05, 0.1) is 22.7 Å². The molecule has 27 heavy (non-hydrogen) atoms. The van der Waals surface area contributed by atoms with Crippen molar-refractivity contribution in [3.8, 4) is 11.3 Å². The fourth-order valence-corrected chi connectivity index (χ4v) is 3.39. The van der Waals surface area contributed by atoms with Crippen LogP contribution in [0.1, 0.15) is 25.0 Å². The molecule has 0 radical (unpaired) electrons. The lowest BCUT2D eigenvalue weighted by molar-refractivity contribution is -0.120. The van der Waals surface area contributed by atoms with Crippen molar-refractivity contribution in [3.63, 3.8) is 0 Å². The number of halogens is 2. The van der Waals surface area contributed by atoms with Gasteiger partial charge < -0.3 is 5.32 Å². The number of nitrogens with zero attached hydrogens (tertiary/aromatic N) is 1. The highest BCUT2D eigenvalue weighted by Crippen LogP contribution is 2.31. The van der Waals surface area contributed by atoms with Crippen molar-refractivity contribution in [2.45, 2.75) is 33.2 Å². The highest BCUT2D eigenvalue weighted by molar-refractivity contribution is 6.33. The van der Waals surface area contributed by atoms with E-state index < -0.39 is 5.82 Å². The van der Waals surface area contributed by atoms with Crippen LogP contribution >= 0.6 is 11.6 Å². The van der Waals surface area contributed by atoms with E-state index in [1.807, 2.05) is 40.8 Å². The van der Waals surface area contributed by atoms with Crippen LogP contribution in [0.5, 0.6) is 0 Å². The Labute approximate surface area is 164 Å². The molecule has 0 aliphatic rings. The van der Waals surface area contributed by atoms with Gasteiger partial charge in [-0.05, 0) is 56.2 Å². The number of carbonyl (C=O) groups excluding carboxylic acids is 1. The molecule has 0 saturated heterocycles. The molecule has 0 atom stereocenters. The third-order valence-corrected chi connectivity index (χ3v) is 4.80. The van der Waals surface area contributed by atoms with E-state index in [0.29, 0.717) is 11.3 Å². The molecule has 1 amide bonds. The van der Waals surface area contributed by atoms with E-state index in [2.05, 4.69) is 11.4 Å². The van der Waals surface area contributed by atoms with E-state index >= 15 is 0 Å². The summed E-state index contributed by atoms with van der Waals surface area (Å²) in [4.78, 5) is 17.2. The molecule has 3 nitrogen and oxygen atoms in total. The van der Waals surface area contributed by atoms with Crippen LogP contribution in [0, 0.1) is 12.7 Å². The molecule has 0 fully saturated rings. The average Bonchev–Trinajstić information content (AvgIpc) is 2.59. The molecule has 138 valence electrons. The third-order valence-electron chi connectivity index (χ3n) is 4.51. The first-order chi connectivity index (χ1) is 12.8. The normalized spacial score (nSPS) is 11.2. The summed E-state index contributed by atoms with van der Waals surface area (Å²) in [5, 5.41) is 3.97. The molecule has 3 rings (SSSR count). The van der Waals surface area contributed by atoms with E-state index in [0.717, 1.165) is 27.5 Å². The van der Waals surface area contributed by atoms with Gasteiger partial charge in [-0.25, -0.2) is 9.37 Å². The quantitative estimate of drug-likeness (QED) is 0.703. The van der Waals surface area contributed by atoms with Crippen molar-refractivity contribution >= 4 is 41.7 Å². The smallest absolute Gasteiger partial charge is 0.224 e. The van der Waals surface area contributed by atoms with Gasteiger partial charge in [0.2, 0.25) is 5.91 Å². The highest BCUT2D eigenvalue weighted by atomic mass is 35.5. The minimum Gasteiger partial charge on any atom is -0.354 e. The van der Waals surface area contributed by atoms with Crippen LogP contribution in [-0.4, -0.2) is 24.8 Å². The van der Waals surface area contributed by atoms with Gasteiger partial charge in [0.15, 0.2) is 0 Å². The molecular formula is C21H21BClFN2O. The first-order valence-corrected chi connectivity index (χ1v) is 9.28. The molecule has 1 N–H and O–H groups in total. The molecule has 1 heterocycles. The lowest BCUT2D eigenvalue weighted by atomic mass is 9.90. The van der Waals surface area contributed by atoms with Crippen LogP contribution in [0.3, 0.4) is 0 Å². The van der Waals surface area contributed by atoms with Crippen LogP contribution in [0.4, 0.5) is 4.39 Å². The van der Waals surface area contributed by atoms with Crippen molar-refractivity contribution in [3.05, 3.63) is 58.4 Å². The van der Waals surface area contributed by atoms with E-state index in [1.165, 1.54) is 6.07 Å². The zero-order valence-corrected chi connectivity index (χ0v) is 16.6. The van der Waals surface area contributed by atoms with E-state index in [9.17, 15) is 9.18 Å². The van der Waals surface area contributed by atoms with E-state index in [-0.39, 0.29) is 23.4 Å². The molecule has 0 aliphatic carbocycles. The van der Waals surface area contributed by atoms with Crippen molar-refractivity contribution in [2.75, 3.05) is 0 Å². The molecule has 0 unspecified atom stereocenters. The Kier molecular flexibility index (Phi) is 5.52. The van der Waals surface area contributed by atoms with Crippen molar-refractivity contribution < 1.29 is 9.18 Å². The van der Waals surface area contributed by atoms with Crippen LogP contribution in [-0.2, 0) is 11.2 Å². The van der Waals surface area contributed by atoms with Gasteiger partial charge in [0.1, 0.15) is 13.7 Å². The predicted octanol–water partition coefficient (Wildman–Crippen LogP) is 3.33. The Morgan fingerprint density at radius 2 is 2.00 bits per heavy atom. The Balaban J connectivity index is 2.22. The average molecular weight is 383 g/mol. The monoisotopic (exact) mass is 382 g/mol. The largest absolute Gasteiger partial charge is 0.354 e. The van der Waals surface area contributed by atoms with Gasteiger partial charge in [-0.2, -0.15) is 0 Å². The second-order valence-corrected chi connectivity index (χ2v) is 7.52. The highest BCUT2D eigenvalue weighted by Gasteiger charge is 2.18. The van der Waals surface area contributed by atoms with Gasteiger partial charge in [-0.3, -0.25) is 4.79 Å². The molecule has 3 aromatic rings. The van der Waals surface area contributed by atoms with Gasteiger partial charge in [0.25, 0.3) is 0 Å². The predicted molar refractivity (Wildman–Crippen MR) is 112 cm³/mol. The minimum atomic E-state index is -0.479. The van der Waals surface area contributed by atoms with Crippen molar-refractivity contribution in [1.29, 1.82) is 0 Å². The number of nitrogens with one attached hydrogen (secondary N) is 1. The first-order valence-electron chi connectivity index (χ1n) is 8.91. The summed E-state index contributed by atoms with van der Waals surface area (Å²) in [6.07, 6.45) is 0.200. The summed E-state index contributed by atoms with van der Waals surface area (Å²) >= 11 is 5.99. The summed E-state index contributed by atoms with van der Waals surface area (Å²) < 4.78 is 13.6. The molecular weight excluding hydrogens is 362 g/mol. The number of hydrogen-bond donors (Lipinski definition) is 1. The second-order valence-electron chi connectivity index (χ2n) is 7.11.